The molecule has 10 heteroatoms. The summed E-state index contributed by atoms with van der Waals surface area (Å²) in [6.45, 7) is 3.75. The van der Waals surface area contributed by atoms with Gasteiger partial charge in [-0.25, -0.2) is 9.78 Å². The summed E-state index contributed by atoms with van der Waals surface area (Å²) in [7, 11) is 0. The van der Waals surface area contributed by atoms with Crippen molar-refractivity contribution in [2.45, 2.75) is 13.8 Å². The molecule has 0 bridgehead atoms. The first-order chi connectivity index (χ1) is 17.0. The van der Waals surface area contributed by atoms with E-state index >= 15 is 0 Å². The summed E-state index contributed by atoms with van der Waals surface area (Å²) in [6, 6.07) is 15.5. The summed E-state index contributed by atoms with van der Waals surface area (Å²) in [5, 5.41) is 13.4. The van der Waals surface area contributed by atoms with Gasteiger partial charge in [0.15, 0.2) is 5.58 Å². The smallest absolute Gasteiger partial charge is 0.417 e. The molecule has 0 aliphatic carbocycles. The quantitative estimate of drug-likeness (QED) is 0.267. The Bertz CT molecular complexity index is 1530. The number of carbonyl (C=O) groups is 1. The van der Waals surface area contributed by atoms with E-state index in [2.05, 4.69) is 49.6 Å². The Kier molecular flexibility index (Phi) is 6.82. The lowest BCUT2D eigenvalue weighted by Gasteiger charge is -2.12. The van der Waals surface area contributed by atoms with E-state index in [4.69, 9.17) is 14.3 Å². The van der Waals surface area contributed by atoms with Crippen LogP contribution in [-0.4, -0.2) is 31.5 Å². The fourth-order valence-corrected chi connectivity index (χ4v) is 3.52. The van der Waals surface area contributed by atoms with Gasteiger partial charge in [-0.05, 0) is 73.0 Å². The average molecular weight is 470 g/mol. The molecule has 3 aromatic heterocycles. The zero-order valence-corrected chi connectivity index (χ0v) is 18.9. The molecule has 0 saturated heterocycles. The molecule has 0 aliphatic heterocycles. The number of nitrogens with one attached hydrogen (secondary N) is 3. The van der Waals surface area contributed by atoms with Gasteiger partial charge in [0.1, 0.15) is 5.82 Å². The number of hydrogen-bond donors (Lipinski definition) is 4. The van der Waals surface area contributed by atoms with Crippen LogP contribution in [0.2, 0.25) is 0 Å². The van der Waals surface area contributed by atoms with E-state index in [0.29, 0.717) is 22.9 Å². The molecule has 0 aliphatic rings. The summed E-state index contributed by atoms with van der Waals surface area (Å²) < 4.78 is 5.05. The number of oxazole rings is 1. The molecule has 0 unspecified atom stereocenters. The highest BCUT2D eigenvalue weighted by Crippen LogP contribution is 2.27. The van der Waals surface area contributed by atoms with Crippen LogP contribution in [0.25, 0.3) is 22.2 Å². The Morgan fingerprint density at radius 2 is 1.69 bits per heavy atom. The highest BCUT2D eigenvalue weighted by molar-refractivity contribution is 5.78. The molecule has 0 radical (unpaired) electrons. The lowest BCUT2D eigenvalue weighted by Crippen LogP contribution is -2.03. The average Bonchev–Trinajstić information content (AvgIpc) is 3.22. The van der Waals surface area contributed by atoms with Crippen molar-refractivity contribution in [2.24, 2.45) is 0 Å². The second-order valence-electron chi connectivity index (χ2n) is 7.57. The number of benzene rings is 2. The van der Waals surface area contributed by atoms with E-state index in [1.807, 2.05) is 31.2 Å². The molecule has 35 heavy (non-hydrogen) atoms. The molecule has 5 aromatic rings. The number of aromatic nitrogens is 4. The first kappa shape index (κ1) is 23.2. The highest BCUT2D eigenvalue weighted by Gasteiger charge is 2.09. The van der Waals surface area contributed by atoms with Gasteiger partial charge in [0, 0.05) is 35.5 Å². The lowest BCUT2D eigenvalue weighted by molar-refractivity contribution is -0.122. The van der Waals surface area contributed by atoms with Crippen LogP contribution in [-0.2, 0) is 4.79 Å². The van der Waals surface area contributed by atoms with Crippen molar-refractivity contribution in [3.63, 3.8) is 0 Å². The Morgan fingerprint density at radius 1 is 0.971 bits per heavy atom. The predicted molar refractivity (Wildman–Crippen MR) is 133 cm³/mol. The van der Waals surface area contributed by atoms with Crippen molar-refractivity contribution in [2.75, 3.05) is 10.6 Å². The normalized spacial score (nSPS) is 10.3. The minimum atomic E-state index is -0.480. The van der Waals surface area contributed by atoms with Gasteiger partial charge in [-0.1, -0.05) is 6.07 Å². The number of aryl methyl sites for hydroxylation is 2. The summed E-state index contributed by atoms with van der Waals surface area (Å²) in [5.41, 5.74) is 7.10. The van der Waals surface area contributed by atoms with E-state index in [9.17, 15) is 4.79 Å². The van der Waals surface area contributed by atoms with Gasteiger partial charge in [-0.2, -0.15) is 4.98 Å². The summed E-state index contributed by atoms with van der Waals surface area (Å²) >= 11 is 0. The number of hydrogen-bond acceptors (Lipinski definition) is 8. The number of carboxylic acid groups (broad SMARTS) is 1. The largest absolute Gasteiger partial charge is 0.483 e. The van der Waals surface area contributed by atoms with Crippen LogP contribution in [0.3, 0.4) is 0 Å². The van der Waals surface area contributed by atoms with Crippen molar-refractivity contribution in [1.29, 1.82) is 0 Å². The zero-order chi connectivity index (χ0) is 24.8. The van der Waals surface area contributed by atoms with Gasteiger partial charge in [0.25, 0.3) is 6.47 Å². The van der Waals surface area contributed by atoms with Crippen LogP contribution < -0.4 is 16.4 Å². The Balaban J connectivity index is 0.000000917. The van der Waals surface area contributed by atoms with Crippen molar-refractivity contribution < 1.29 is 14.3 Å². The Hall–Kier alpha value is -4.99. The molecule has 0 amide bonds. The number of anilines is 4. The fraction of sp³-hybridized carbons (Fsp3) is 0.0800. The maximum Gasteiger partial charge on any atom is 0.417 e. The van der Waals surface area contributed by atoms with E-state index in [1.54, 1.807) is 30.7 Å². The van der Waals surface area contributed by atoms with E-state index in [1.165, 1.54) is 0 Å². The molecule has 10 nitrogen and oxygen atoms in total. The fourth-order valence-electron chi connectivity index (χ4n) is 3.52. The van der Waals surface area contributed by atoms with Crippen molar-refractivity contribution in [3.8, 4) is 11.1 Å². The molecule has 0 atom stereocenters. The second-order valence-corrected chi connectivity index (χ2v) is 7.57. The zero-order valence-electron chi connectivity index (χ0n) is 18.9. The van der Waals surface area contributed by atoms with Crippen LogP contribution in [0.15, 0.2) is 76.3 Å². The summed E-state index contributed by atoms with van der Waals surface area (Å²) in [5.74, 6) is 0.664. The first-order valence-corrected chi connectivity index (χ1v) is 10.6. The van der Waals surface area contributed by atoms with Gasteiger partial charge in [-0.3, -0.25) is 14.8 Å². The van der Waals surface area contributed by atoms with Gasteiger partial charge in [0.05, 0.1) is 5.52 Å². The molecule has 176 valence electrons. The predicted octanol–water partition coefficient (Wildman–Crippen LogP) is 4.78. The van der Waals surface area contributed by atoms with Gasteiger partial charge in [-0.15, -0.1) is 0 Å². The Labute approximate surface area is 199 Å². The summed E-state index contributed by atoms with van der Waals surface area (Å²) in [6.07, 6.45) is 5.34. The SMILES string of the molecule is Cc1cc(Nc2ncc(C)c(Nc3ccc4oc(=O)[nH]c4c3)n2)ccc1-c1ccncc1.O=CO. The monoisotopic (exact) mass is 470 g/mol. The second kappa shape index (κ2) is 10.3. The molecular weight excluding hydrogens is 448 g/mol. The van der Waals surface area contributed by atoms with Gasteiger partial charge >= 0.3 is 5.76 Å². The minimum absolute atomic E-state index is 0.250. The van der Waals surface area contributed by atoms with Crippen LogP contribution in [0.4, 0.5) is 23.1 Å². The number of fused-ring (bicyclic) bond motifs is 1. The topological polar surface area (TPSA) is 146 Å². The number of H-pyrrole nitrogens is 1. The number of aromatic amines is 1. The number of nitrogens with zero attached hydrogens (tertiary/aromatic N) is 3. The van der Waals surface area contributed by atoms with E-state index in [-0.39, 0.29) is 6.47 Å². The number of pyridine rings is 1. The first-order valence-electron chi connectivity index (χ1n) is 10.6. The van der Waals surface area contributed by atoms with Crippen molar-refractivity contribution in [3.05, 3.63) is 88.8 Å². The van der Waals surface area contributed by atoms with Gasteiger partial charge in [0.2, 0.25) is 5.95 Å². The highest BCUT2D eigenvalue weighted by atomic mass is 16.4. The third kappa shape index (κ3) is 5.50. The maximum atomic E-state index is 11.4. The number of rotatable bonds is 5. The van der Waals surface area contributed by atoms with Crippen molar-refractivity contribution in [1.82, 2.24) is 19.9 Å². The maximum absolute atomic E-state index is 11.4. The molecule has 0 spiro atoms. The Morgan fingerprint density at radius 3 is 2.43 bits per heavy atom. The molecule has 4 N–H and O–H groups in total. The van der Waals surface area contributed by atoms with Crippen LogP contribution in [0, 0.1) is 13.8 Å². The summed E-state index contributed by atoms with van der Waals surface area (Å²) in [4.78, 5) is 35.5. The molecular formula is C25H22N6O4. The van der Waals surface area contributed by atoms with Crippen LogP contribution in [0.5, 0.6) is 0 Å². The van der Waals surface area contributed by atoms with Crippen molar-refractivity contribution >= 4 is 40.7 Å². The van der Waals surface area contributed by atoms with Crippen LogP contribution in [0.1, 0.15) is 11.1 Å². The minimum Gasteiger partial charge on any atom is -0.483 e. The van der Waals surface area contributed by atoms with Gasteiger partial charge < -0.3 is 20.2 Å². The molecule has 0 saturated carbocycles. The van der Waals surface area contributed by atoms with Crippen LogP contribution >= 0.6 is 0 Å². The standard InChI is InChI=1S/C24H20N6O2.CH2O2/c1-14-11-17(3-5-19(14)16-7-9-25-10-8-16)28-23-26-13-15(2)22(30-23)27-18-4-6-21-20(12-18)29-24(31)32-21;2-1-3/h3-13H,1-2H3,(H,29,31)(H2,26,27,28,30);1H,(H,2,3). The third-order valence-electron chi connectivity index (χ3n) is 5.13. The molecule has 0 fully saturated rings. The molecule has 2 aromatic carbocycles. The lowest BCUT2D eigenvalue weighted by atomic mass is 10.0. The third-order valence-corrected chi connectivity index (χ3v) is 5.13. The van der Waals surface area contributed by atoms with E-state index < -0.39 is 5.76 Å². The molecule has 5 rings (SSSR count). The van der Waals surface area contributed by atoms with E-state index in [0.717, 1.165) is 33.6 Å². The molecule has 3 heterocycles.